The number of aryl methyl sites for hydroxylation is 1. The number of Topliss-reactive ketones (excluding diaryl/α,β-unsaturated/α-hetero) is 1. The third-order valence-corrected chi connectivity index (χ3v) is 15.6. The fraction of sp³-hybridized carbons (Fsp3) is 0.636. The Labute approximate surface area is 341 Å². The second-order valence-electron chi connectivity index (χ2n) is 18.4. The van der Waals surface area contributed by atoms with Crippen LogP contribution in [0.3, 0.4) is 0 Å². The standard InChI is InChI=1S/C44H54ClF2N3O8/c1-22-16-30-29-12-9-25-17-28(51)13-14-41(25,4)43(29,47)31(52)18-42(30,5)44(22,56)32(53)20-57-21-58-40(55)34-24(3)50(27-10-11-27)37-33(39(34)54)23(2)36(46)38(35(37)45)49-15-7-6-8-26(48)19-49/h13-14,17,22,26-27,29-31,52,56H,6-12,15-16,18-21,48H2,1-5H3/t22-,26-,29+,30+,31+,41+,42+,43+,44+/m1/s1. The molecule has 1 saturated heterocycles. The summed E-state index contributed by atoms with van der Waals surface area (Å²) in [7, 11) is 0. The van der Waals surface area contributed by atoms with Crippen LogP contribution in [0.4, 0.5) is 14.5 Å². The van der Waals surface area contributed by atoms with Crippen LogP contribution in [-0.4, -0.2) is 82.2 Å². The van der Waals surface area contributed by atoms with Gasteiger partial charge in [-0.1, -0.05) is 43.5 Å². The van der Waals surface area contributed by atoms with Crippen molar-refractivity contribution in [3.63, 3.8) is 0 Å². The molecule has 1 aromatic heterocycles. The molecule has 314 valence electrons. The number of halogens is 3. The predicted molar refractivity (Wildman–Crippen MR) is 214 cm³/mol. The third-order valence-electron chi connectivity index (χ3n) is 15.3. The number of nitrogens with two attached hydrogens (primary N) is 1. The zero-order chi connectivity index (χ0) is 41.9. The third kappa shape index (κ3) is 5.76. The van der Waals surface area contributed by atoms with E-state index in [0.29, 0.717) is 49.1 Å². The van der Waals surface area contributed by atoms with E-state index in [1.807, 2.05) is 9.47 Å². The Morgan fingerprint density at radius 2 is 1.83 bits per heavy atom. The van der Waals surface area contributed by atoms with Crippen molar-refractivity contribution in [3.05, 3.63) is 61.7 Å². The molecule has 9 atom stereocenters. The van der Waals surface area contributed by atoms with Crippen LogP contribution in [-0.2, 0) is 19.1 Å². The highest BCUT2D eigenvalue weighted by atomic mass is 35.5. The lowest BCUT2D eigenvalue weighted by Gasteiger charge is -2.62. The van der Waals surface area contributed by atoms with Crippen molar-refractivity contribution < 1.29 is 42.9 Å². The number of hydrogen-bond donors (Lipinski definition) is 3. The fourth-order valence-corrected chi connectivity index (χ4v) is 12.5. The number of nitrogens with zero attached hydrogens (tertiary/aromatic N) is 2. The first-order valence-corrected chi connectivity index (χ1v) is 21.1. The number of hydrogen-bond acceptors (Lipinski definition) is 10. The molecule has 11 nitrogen and oxygen atoms in total. The van der Waals surface area contributed by atoms with Gasteiger partial charge in [-0.25, -0.2) is 13.6 Å². The summed E-state index contributed by atoms with van der Waals surface area (Å²) < 4.78 is 46.7. The number of fused-ring (bicyclic) bond motifs is 6. The lowest BCUT2D eigenvalue weighted by atomic mass is 9.44. The van der Waals surface area contributed by atoms with Gasteiger partial charge >= 0.3 is 5.97 Å². The largest absolute Gasteiger partial charge is 0.435 e. The van der Waals surface area contributed by atoms with Gasteiger partial charge in [-0.3, -0.25) is 14.4 Å². The van der Waals surface area contributed by atoms with Crippen molar-refractivity contribution in [3.8, 4) is 0 Å². The minimum absolute atomic E-state index is 0.00895. The molecule has 0 amide bonds. The number of benzene rings is 1. The van der Waals surface area contributed by atoms with Crippen LogP contribution < -0.4 is 16.1 Å². The van der Waals surface area contributed by atoms with Gasteiger partial charge in [0.1, 0.15) is 17.8 Å². The zero-order valence-corrected chi connectivity index (χ0v) is 34.6. The first kappa shape index (κ1) is 41.3. The van der Waals surface area contributed by atoms with Gasteiger partial charge in [0.25, 0.3) is 0 Å². The van der Waals surface area contributed by atoms with Gasteiger partial charge in [-0.15, -0.1) is 0 Å². The maximum absolute atomic E-state index is 17.6. The van der Waals surface area contributed by atoms with E-state index in [1.165, 1.54) is 19.1 Å². The highest BCUT2D eigenvalue weighted by Crippen LogP contribution is 2.70. The van der Waals surface area contributed by atoms with Crippen molar-refractivity contribution >= 4 is 45.7 Å². The van der Waals surface area contributed by atoms with Gasteiger partial charge in [0, 0.05) is 53.2 Å². The average molecular weight is 826 g/mol. The first-order valence-electron chi connectivity index (χ1n) is 20.7. The highest BCUT2D eigenvalue weighted by Gasteiger charge is 2.75. The van der Waals surface area contributed by atoms with Gasteiger partial charge in [-0.2, -0.15) is 0 Å². The van der Waals surface area contributed by atoms with Crippen LogP contribution in [0.5, 0.6) is 0 Å². The summed E-state index contributed by atoms with van der Waals surface area (Å²) in [6.07, 6.45) is 7.86. The van der Waals surface area contributed by atoms with Crippen LogP contribution >= 0.6 is 11.6 Å². The number of pyridine rings is 1. The maximum Gasteiger partial charge on any atom is 0.346 e. The number of carbonyl (C=O) groups is 3. The minimum atomic E-state index is -2.12. The van der Waals surface area contributed by atoms with Gasteiger partial charge in [0.15, 0.2) is 29.8 Å². The van der Waals surface area contributed by atoms with E-state index in [2.05, 4.69) is 0 Å². The van der Waals surface area contributed by atoms with E-state index in [9.17, 15) is 29.4 Å². The van der Waals surface area contributed by atoms with Gasteiger partial charge in [0.05, 0.1) is 27.7 Å². The summed E-state index contributed by atoms with van der Waals surface area (Å²) in [5.41, 5.74) is 0.348. The normalized spacial score (nSPS) is 35.9. The van der Waals surface area contributed by atoms with Crippen LogP contribution in [0.25, 0.3) is 10.9 Å². The van der Waals surface area contributed by atoms with E-state index in [0.717, 1.165) is 32.1 Å². The van der Waals surface area contributed by atoms with Crippen LogP contribution in [0.2, 0.25) is 5.02 Å². The predicted octanol–water partition coefficient (Wildman–Crippen LogP) is 6.11. The molecule has 1 aromatic carbocycles. The number of ketones is 2. The number of ether oxygens (including phenoxy) is 2. The molecule has 4 N–H and O–H groups in total. The second kappa shape index (κ2) is 14.3. The topological polar surface area (TPSA) is 161 Å². The number of alkyl halides is 1. The Balaban J connectivity index is 1.01. The quantitative estimate of drug-likeness (QED) is 0.161. The lowest BCUT2D eigenvalue weighted by molar-refractivity contribution is -0.220. The molecule has 0 spiro atoms. The second-order valence-corrected chi connectivity index (χ2v) is 18.8. The van der Waals surface area contributed by atoms with Gasteiger partial charge < -0.3 is 34.9 Å². The Kier molecular flexibility index (Phi) is 10.2. The molecule has 5 fully saturated rings. The molecule has 2 heterocycles. The maximum atomic E-state index is 17.6. The van der Waals surface area contributed by atoms with E-state index < -0.39 is 82.4 Å². The summed E-state index contributed by atoms with van der Waals surface area (Å²) in [6, 6.07) is -0.225. The lowest BCUT2D eigenvalue weighted by Crippen LogP contribution is -2.69. The number of allylic oxidation sites excluding steroid dienone is 4. The summed E-state index contributed by atoms with van der Waals surface area (Å²) >= 11 is 7.03. The summed E-state index contributed by atoms with van der Waals surface area (Å²) in [5, 5.41) is 24.1. The van der Waals surface area contributed by atoms with Crippen molar-refractivity contribution in [2.45, 2.75) is 122 Å². The smallest absolute Gasteiger partial charge is 0.346 e. The molecule has 14 heteroatoms. The molecule has 5 aliphatic carbocycles. The molecular weight excluding hydrogens is 772 g/mol. The van der Waals surface area contributed by atoms with Gasteiger partial charge in [0.2, 0.25) is 5.43 Å². The average Bonchev–Trinajstić information content (AvgIpc) is 4.01. The number of aliphatic hydroxyl groups excluding tert-OH is 1. The van der Waals surface area contributed by atoms with E-state index in [-0.39, 0.29) is 51.5 Å². The summed E-state index contributed by atoms with van der Waals surface area (Å²) in [6.45, 7) is 7.90. The number of anilines is 1. The molecular formula is C44H54ClF2N3O8. The fourth-order valence-electron chi connectivity index (χ4n) is 12.1. The number of esters is 1. The molecule has 1 aliphatic heterocycles. The zero-order valence-electron chi connectivity index (χ0n) is 33.8. The Hall–Kier alpha value is -3.49. The monoisotopic (exact) mass is 825 g/mol. The Morgan fingerprint density at radius 3 is 2.53 bits per heavy atom. The summed E-state index contributed by atoms with van der Waals surface area (Å²) in [5.74, 6) is -4.33. The molecule has 0 bridgehead atoms. The van der Waals surface area contributed by atoms with Crippen LogP contribution in [0.15, 0.2) is 28.6 Å². The number of rotatable bonds is 8. The minimum Gasteiger partial charge on any atom is -0.435 e. The molecule has 0 unspecified atom stereocenters. The van der Waals surface area contributed by atoms with E-state index >= 15 is 8.78 Å². The molecule has 8 rings (SSSR count). The summed E-state index contributed by atoms with van der Waals surface area (Å²) in [4.78, 5) is 55.9. The van der Waals surface area contributed by atoms with Crippen molar-refractivity contribution in [2.24, 2.45) is 34.3 Å². The SMILES string of the molecule is Cc1c(F)c(N2CCCC[C@@H](N)C2)c(Cl)c2c1c(=O)c(C(=O)OCOCC(=O)[C@@]1(O)[C@H](C)C[C@H]3[C@@H]4CCC5=CC(=O)C=C[C@]5(C)[C@@]4(F)[C@@H](O)C[C@@]31C)c(C)n2C1CC1. The van der Waals surface area contributed by atoms with Gasteiger partial charge in [-0.05, 0) is 96.1 Å². The van der Waals surface area contributed by atoms with Crippen molar-refractivity contribution in [2.75, 3.05) is 31.4 Å². The molecule has 58 heavy (non-hydrogen) atoms. The molecule has 2 aromatic rings. The Morgan fingerprint density at radius 1 is 1.10 bits per heavy atom. The number of aliphatic hydroxyl groups is 2. The van der Waals surface area contributed by atoms with Crippen molar-refractivity contribution in [1.82, 2.24) is 4.57 Å². The molecule has 0 radical (unpaired) electrons. The van der Waals surface area contributed by atoms with E-state index in [1.54, 1.807) is 33.8 Å². The van der Waals surface area contributed by atoms with Crippen LogP contribution in [0, 0.1) is 48.2 Å². The Bertz CT molecular complexity index is 2240. The van der Waals surface area contributed by atoms with Crippen molar-refractivity contribution in [1.29, 1.82) is 0 Å². The number of carbonyl (C=O) groups excluding carboxylic acids is 3. The van der Waals surface area contributed by atoms with E-state index in [4.69, 9.17) is 26.8 Å². The molecule has 4 saturated carbocycles. The highest BCUT2D eigenvalue weighted by molar-refractivity contribution is 6.38. The molecule has 6 aliphatic rings. The van der Waals surface area contributed by atoms with Crippen LogP contribution in [0.1, 0.15) is 106 Å². The number of aromatic nitrogens is 1. The first-order chi connectivity index (χ1) is 27.3.